The number of rotatable bonds is 0. The summed E-state index contributed by atoms with van der Waals surface area (Å²) in [7, 11) is 0. The van der Waals surface area contributed by atoms with E-state index >= 15 is 0 Å². The van der Waals surface area contributed by atoms with E-state index in [0.29, 0.717) is 0 Å². The van der Waals surface area contributed by atoms with Gasteiger partial charge in [0.15, 0.2) is 0 Å². The van der Waals surface area contributed by atoms with Gasteiger partial charge >= 0.3 is 0 Å². The van der Waals surface area contributed by atoms with Crippen LogP contribution in [0.25, 0.3) is 0 Å². The molecule has 6 nitrogen and oxygen atoms in total. The molecular formula is H3NO5V2-10. The molecule has 0 rings (SSSR count). The predicted octanol–water partition coefficient (Wildman–Crippen LogP) is -0.437. The fourth-order valence-corrected chi connectivity index (χ4v) is 0. The Morgan fingerprint density at radius 1 is 0.375 bits per heavy atom. The molecule has 0 aliphatic carbocycles. The van der Waals surface area contributed by atoms with Gasteiger partial charge in [0.2, 0.25) is 0 Å². The monoisotopic (exact) mass is 199 g/mol. The van der Waals surface area contributed by atoms with Crippen LogP contribution in [0.5, 0.6) is 0 Å². The molecule has 8 heteroatoms. The molecule has 0 saturated heterocycles. The molecule has 0 unspecified atom stereocenters. The van der Waals surface area contributed by atoms with Crippen molar-refractivity contribution in [3.63, 3.8) is 0 Å². The molecule has 8 heavy (non-hydrogen) atoms. The third-order valence-electron chi connectivity index (χ3n) is 0. The van der Waals surface area contributed by atoms with Crippen molar-refractivity contribution < 1.29 is 64.5 Å². The van der Waals surface area contributed by atoms with Crippen LogP contribution in [0.4, 0.5) is 0 Å². The van der Waals surface area contributed by atoms with E-state index in [9.17, 15) is 0 Å². The summed E-state index contributed by atoms with van der Waals surface area (Å²) in [6.45, 7) is 0. The van der Waals surface area contributed by atoms with E-state index in [4.69, 9.17) is 0 Å². The first kappa shape index (κ1) is 651. The van der Waals surface area contributed by atoms with E-state index < -0.39 is 0 Å². The molecule has 0 aliphatic heterocycles. The smallest absolute Gasteiger partial charge is 0 e. The minimum Gasteiger partial charge on any atom is -2.00 e. The SMILES string of the molecule is N.[O-2].[O-2].[O-2].[O-2].[O-2].[V].[V]. The zero-order valence-electron chi connectivity index (χ0n) is 3.64. The molecule has 58 valence electrons. The molecule has 0 aliphatic rings. The summed E-state index contributed by atoms with van der Waals surface area (Å²) in [4.78, 5) is 0. The predicted molar refractivity (Wildman–Crippen MR) is 8.45 cm³/mol. The van der Waals surface area contributed by atoms with Crippen LogP contribution in [-0.2, 0) is 64.5 Å². The molecule has 0 aromatic carbocycles. The molecule has 0 saturated carbocycles. The molecule has 0 amide bonds. The van der Waals surface area contributed by atoms with Crippen LogP contribution in [0.15, 0.2) is 0 Å². The maximum Gasteiger partial charge on any atom is 0 e. The zero-order valence-corrected chi connectivity index (χ0v) is 6.44. The molecule has 0 atom stereocenters. The topological polar surface area (TPSA) is 178 Å². The average Bonchev–Trinajstić information content (AvgIpc) is 0. The normalized spacial score (nSPS) is 0. The second-order valence-electron chi connectivity index (χ2n) is 0. The molecule has 0 aromatic heterocycles. The zero-order chi connectivity index (χ0) is 0. The molecule has 0 bridgehead atoms. The van der Waals surface area contributed by atoms with Crippen molar-refractivity contribution in [1.82, 2.24) is 6.15 Å². The van der Waals surface area contributed by atoms with Crippen molar-refractivity contribution in [1.29, 1.82) is 0 Å². The van der Waals surface area contributed by atoms with E-state index in [-0.39, 0.29) is 70.6 Å². The second-order valence-corrected chi connectivity index (χ2v) is 0. The van der Waals surface area contributed by atoms with Gasteiger partial charge in [0.1, 0.15) is 0 Å². The Kier molecular flexibility index (Phi) is 35900. The van der Waals surface area contributed by atoms with Crippen LogP contribution < -0.4 is 6.15 Å². The van der Waals surface area contributed by atoms with E-state index in [2.05, 4.69) is 0 Å². The van der Waals surface area contributed by atoms with Crippen molar-refractivity contribution >= 4 is 0 Å². The Morgan fingerprint density at radius 2 is 0.375 bits per heavy atom. The fourth-order valence-electron chi connectivity index (χ4n) is 0. The molecule has 0 heterocycles. The summed E-state index contributed by atoms with van der Waals surface area (Å²) in [6, 6.07) is 0. The van der Waals surface area contributed by atoms with Crippen molar-refractivity contribution in [3.8, 4) is 0 Å². The molecule has 3 N–H and O–H groups in total. The summed E-state index contributed by atoms with van der Waals surface area (Å²) < 4.78 is 0. The van der Waals surface area contributed by atoms with E-state index in [1.165, 1.54) is 0 Å². The van der Waals surface area contributed by atoms with Gasteiger partial charge < -0.3 is 33.5 Å². The van der Waals surface area contributed by atoms with Gasteiger partial charge in [-0.3, -0.25) is 0 Å². The fraction of sp³-hybridized carbons (Fsp3) is 0. The Balaban J connectivity index is 0. The Labute approximate surface area is 70.9 Å². The molecule has 0 aromatic rings. The Hall–Kier alpha value is 0.929. The van der Waals surface area contributed by atoms with Gasteiger partial charge in [0, 0.05) is 37.1 Å². The minimum atomic E-state index is 0. The maximum atomic E-state index is 0. The van der Waals surface area contributed by atoms with Crippen LogP contribution in [-0.4, -0.2) is 0 Å². The third-order valence-corrected chi connectivity index (χ3v) is 0. The third kappa shape index (κ3) is 282. The van der Waals surface area contributed by atoms with Gasteiger partial charge in [-0.1, -0.05) is 0 Å². The summed E-state index contributed by atoms with van der Waals surface area (Å²) >= 11 is 0. The summed E-state index contributed by atoms with van der Waals surface area (Å²) in [5.74, 6) is 0. The van der Waals surface area contributed by atoms with Crippen molar-refractivity contribution in [2.75, 3.05) is 0 Å². The first-order valence-corrected chi connectivity index (χ1v) is 0. The summed E-state index contributed by atoms with van der Waals surface area (Å²) in [5.41, 5.74) is 0. The van der Waals surface area contributed by atoms with Crippen LogP contribution >= 0.6 is 0 Å². The first-order valence-electron chi connectivity index (χ1n) is 0. The summed E-state index contributed by atoms with van der Waals surface area (Å²) in [5, 5.41) is 0. The van der Waals surface area contributed by atoms with Crippen molar-refractivity contribution in [3.05, 3.63) is 0 Å². The van der Waals surface area contributed by atoms with Crippen LogP contribution in [0.3, 0.4) is 0 Å². The van der Waals surface area contributed by atoms with Gasteiger partial charge in [-0.25, -0.2) is 0 Å². The second kappa shape index (κ2) is 441. The van der Waals surface area contributed by atoms with Crippen LogP contribution in [0.1, 0.15) is 0 Å². The van der Waals surface area contributed by atoms with E-state index in [1.54, 1.807) is 0 Å². The van der Waals surface area contributed by atoms with Gasteiger partial charge in [-0.05, 0) is 0 Å². The van der Waals surface area contributed by atoms with Gasteiger partial charge in [0.25, 0.3) is 0 Å². The maximum absolute atomic E-state index is 0. The van der Waals surface area contributed by atoms with Gasteiger partial charge in [0.05, 0.1) is 0 Å². The van der Waals surface area contributed by atoms with Gasteiger partial charge in [-0.2, -0.15) is 0 Å². The van der Waals surface area contributed by atoms with Crippen LogP contribution in [0.2, 0.25) is 0 Å². The molecule has 0 fully saturated rings. The van der Waals surface area contributed by atoms with Crippen molar-refractivity contribution in [2.45, 2.75) is 0 Å². The van der Waals surface area contributed by atoms with Crippen LogP contribution in [0, 0.1) is 0 Å². The first-order chi connectivity index (χ1) is 0. The molecule has 0 spiro atoms. The largest absolute Gasteiger partial charge is 2.00 e. The minimum absolute atomic E-state index is 0. The number of hydrogen-bond acceptors (Lipinski definition) is 1. The Bertz CT molecular complexity index is 10.4. The standard InChI is InChI=1S/H3N.5O.2V/h1H3;;;;;;;/q;5*-2;;. The molecular weight excluding hydrogens is 196 g/mol. The van der Waals surface area contributed by atoms with Gasteiger partial charge in [-0.15, -0.1) is 0 Å². The number of hydrogen-bond donors (Lipinski definition) is 1. The Morgan fingerprint density at radius 3 is 0.375 bits per heavy atom. The van der Waals surface area contributed by atoms with E-state index in [0.717, 1.165) is 0 Å². The van der Waals surface area contributed by atoms with Crippen molar-refractivity contribution in [2.24, 2.45) is 0 Å². The summed E-state index contributed by atoms with van der Waals surface area (Å²) in [6.07, 6.45) is 0. The quantitative estimate of drug-likeness (QED) is 0.546. The van der Waals surface area contributed by atoms with E-state index in [1.807, 2.05) is 0 Å². The molecule has 2 radical (unpaired) electrons. The average molecular weight is 199 g/mol.